The Labute approximate surface area is 233 Å². The largest absolute Gasteiger partial charge is 0.662 e. The minimum absolute atomic E-state index is 0. The van der Waals surface area contributed by atoms with E-state index < -0.39 is 0 Å². The van der Waals surface area contributed by atoms with Crippen molar-refractivity contribution in [3.63, 3.8) is 0 Å². The Morgan fingerprint density at radius 1 is 0.970 bits per heavy atom. The van der Waals surface area contributed by atoms with Gasteiger partial charge in [0.1, 0.15) is 0 Å². The van der Waals surface area contributed by atoms with Crippen LogP contribution in [0.1, 0.15) is 63.1 Å². The van der Waals surface area contributed by atoms with Crippen LogP contribution in [-0.2, 0) is 24.1 Å². The molecule has 2 aliphatic heterocycles. The van der Waals surface area contributed by atoms with Crippen molar-refractivity contribution in [2.75, 3.05) is 33.3 Å². The molecule has 0 N–H and O–H groups in total. The van der Waals surface area contributed by atoms with Gasteiger partial charge in [-0.3, -0.25) is 9.69 Å². The topological polar surface area (TPSA) is 60.7 Å². The molecule has 0 spiro atoms. The van der Waals surface area contributed by atoms with Gasteiger partial charge in [-0.25, -0.2) is 4.79 Å². The quantitative estimate of drug-likeness (QED) is 0.316. The molecular weight excluding hydrogens is 627 g/mol. The first-order chi connectivity index (χ1) is 15.6. The van der Waals surface area contributed by atoms with E-state index in [0.29, 0.717) is 17.9 Å². The van der Waals surface area contributed by atoms with E-state index in [-0.39, 0.29) is 55.8 Å². The van der Waals surface area contributed by atoms with E-state index in [1.165, 1.54) is 23.8 Å². The van der Waals surface area contributed by atoms with Gasteiger partial charge in [-0.2, -0.15) is 0 Å². The number of ketones is 1. The Morgan fingerprint density at radius 2 is 1.64 bits per heavy atom. The number of benzene rings is 2. The van der Waals surface area contributed by atoms with Gasteiger partial charge < -0.3 is 10.1 Å². The van der Waals surface area contributed by atoms with Crippen LogP contribution < -0.4 is 0 Å². The molecule has 0 bridgehead atoms. The normalized spacial score (nSPS) is 16.9. The fourth-order valence-electron chi connectivity index (χ4n) is 4.80. The molecule has 173 valence electrons. The minimum Gasteiger partial charge on any atom is -0.662 e. The van der Waals surface area contributed by atoms with Crippen molar-refractivity contribution in [3.8, 4) is 0 Å². The molecule has 6 heteroatoms. The van der Waals surface area contributed by atoms with Crippen LogP contribution in [0.5, 0.6) is 0 Å². The standard InChI is InChI=1S/C27H33N2O3.Ac/c1-32-27(31)23-5-2-21(3-6-23)19-29-16-12-22-7-8-25(18-24(22)13-17-29)26(30)9-4-20-10-14-28-15-11-20;/h2-3,5-8,18,20H,4,9-17,19H2,1H3;/q-1;. The summed E-state index contributed by atoms with van der Waals surface area (Å²) in [5.41, 5.74) is 5.32. The summed E-state index contributed by atoms with van der Waals surface area (Å²) in [6, 6.07) is 14.0. The molecule has 2 aromatic carbocycles. The van der Waals surface area contributed by atoms with Crippen LogP contribution >= 0.6 is 0 Å². The number of methoxy groups -OCH3 is 1. The summed E-state index contributed by atoms with van der Waals surface area (Å²) >= 11 is 0. The van der Waals surface area contributed by atoms with E-state index in [1.54, 1.807) is 0 Å². The Balaban J connectivity index is 0.00000306. The zero-order chi connectivity index (χ0) is 22.3. The number of carbonyl (C=O) groups is 2. The number of rotatable bonds is 7. The number of hydrogen-bond acceptors (Lipinski definition) is 4. The molecule has 33 heavy (non-hydrogen) atoms. The zero-order valence-electron chi connectivity index (χ0n) is 19.6. The molecule has 0 amide bonds. The molecule has 1 saturated heterocycles. The first-order valence-electron chi connectivity index (χ1n) is 11.8. The first kappa shape index (κ1) is 26.5. The first-order valence-corrected chi connectivity index (χ1v) is 11.8. The van der Waals surface area contributed by atoms with E-state index in [4.69, 9.17) is 4.74 Å². The second-order valence-corrected chi connectivity index (χ2v) is 9.02. The van der Waals surface area contributed by atoms with Gasteiger partial charge in [0.05, 0.1) is 12.7 Å². The summed E-state index contributed by atoms with van der Waals surface area (Å²) in [5, 5.41) is 4.41. The molecule has 5 nitrogen and oxygen atoms in total. The van der Waals surface area contributed by atoms with Gasteiger partial charge in [0, 0.05) is 75.7 Å². The summed E-state index contributed by atoms with van der Waals surface area (Å²) in [6.07, 6.45) is 5.87. The third kappa shape index (κ3) is 7.46. The number of carbonyl (C=O) groups excluding carboxylic acids is 2. The van der Waals surface area contributed by atoms with Gasteiger partial charge in [0.15, 0.2) is 5.78 Å². The third-order valence-corrected chi connectivity index (χ3v) is 6.87. The summed E-state index contributed by atoms with van der Waals surface area (Å²) in [6.45, 7) is 4.74. The molecule has 1 fully saturated rings. The fraction of sp³-hybridized carbons (Fsp3) is 0.481. The molecule has 2 aliphatic rings. The van der Waals surface area contributed by atoms with E-state index in [1.807, 2.05) is 30.3 Å². The van der Waals surface area contributed by atoms with E-state index >= 15 is 0 Å². The van der Waals surface area contributed by atoms with Gasteiger partial charge in [-0.05, 0) is 60.1 Å². The van der Waals surface area contributed by atoms with Gasteiger partial charge in [0.25, 0.3) is 0 Å². The summed E-state index contributed by atoms with van der Waals surface area (Å²) in [7, 11) is 1.40. The number of esters is 1. The predicted octanol–water partition coefficient (Wildman–Crippen LogP) is 4.82. The van der Waals surface area contributed by atoms with Crippen LogP contribution in [0, 0.1) is 50.0 Å². The number of Topliss-reactive ketones (excluding diaryl/α,β-unsaturated/α-hetero) is 1. The summed E-state index contributed by atoms with van der Waals surface area (Å²) < 4.78 is 4.77. The van der Waals surface area contributed by atoms with Crippen molar-refractivity contribution >= 4 is 11.8 Å². The molecular formula is C27H33AcN2O3-. The van der Waals surface area contributed by atoms with E-state index in [2.05, 4.69) is 22.3 Å². The number of ether oxygens (including phenoxy) is 1. The SMILES string of the molecule is COC(=O)c1ccc(CN2CCc3ccc(C(=O)CCC4CC[N-]CC4)cc3CC2)cc1.[Ac]. The molecule has 4 rings (SSSR count). The van der Waals surface area contributed by atoms with Gasteiger partial charge in [-0.1, -0.05) is 37.1 Å². The Kier molecular flexibility index (Phi) is 10.6. The maximum atomic E-state index is 12.8. The summed E-state index contributed by atoms with van der Waals surface area (Å²) in [5.74, 6) is 0.635. The average molecular weight is 661 g/mol. The van der Waals surface area contributed by atoms with Crippen molar-refractivity contribution in [3.05, 3.63) is 75.6 Å². The van der Waals surface area contributed by atoms with Gasteiger partial charge in [-0.15, -0.1) is 13.1 Å². The molecule has 2 aromatic rings. The maximum absolute atomic E-state index is 12.8. The third-order valence-electron chi connectivity index (χ3n) is 6.87. The van der Waals surface area contributed by atoms with Crippen molar-refractivity contribution in [2.24, 2.45) is 5.92 Å². The fourth-order valence-corrected chi connectivity index (χ4v) is 4.80. The van der Waals surface area contributed by atoms with Crippen molar-refractivity contribution in [1.29, 1.82) is 0 Å². The second kappa shape index (κ2) is 13.1. The number of piperidine rings is 1. The monoisotopic (exact) mass is 660 g/mol. The van der Waals surface area contributed by atoms with Crippen LogP contribution in [0.4, 0.5) is 0 Å². The van der Waals surface area contributed by atoms with Crippen LogP contribution in [-0.4, -0.2) is 49.9 Å². The molecule has 0 atom stereocenters. The minimum atomic E-state index is -0.304. The van der Waals surface area contributed by atoms with Crippen LogP contribution in [0.25, 0.3) is 5.32 Å². The predicted molar refractivity (Wildman–Crippen MR) is 126 cm³/mol. The van der Waals surface area contributed by atoms with Crippen molar-refractivity contribution < 1.29 is 58.4 Å². The molecule has 1 radical (unpaired) electrons. The number of hydrogen-bond donors (Lipinski definition) is 0. The Hall–Kier alpha value is -1.06. The molecule has 2 heterocycles. The Bertz CT molecular complexity index is 939. The summed E-state index contributed by atoms with van der Waals surface area (Å²) in [4.78, 5) is 26.9. The van der Waals surface area contributed by atoms with Gasteiger partial charge in [0.2, 0.25) is 0 Å². The smallest absolute Gasteiger partial charge is 0.337 e. The van der Waals surface area contributed by atoms with Crippen molar-refractivity contribution in [2.45, 2.75) is 45.1 Å². The van der Waals surface area contributed by atoms with Crippen LogP contribution in [0.15, 0.2) is 42.5 Å². The number of fused-ring (bicyclic) bond motifs is 1. The molecule has 0 saturated carbocycles. The average Bonchev–Trinajstić information content (AvgIpc) is 3.05. The Morgan fingerprint density at radius 3 is 2.33 bits per heavy atom. The van der Waals surface area contributed by atoms with Crippen LogP contribution in [0.2, 0.25) is 0 Å². The molecule has 0 aromatic heterocycles. The van der Waals surface area contributed by atoms with E-state index in [0.717, 1.165) is 70.4 Å². The van der Waals surface area contributed by atoms with Crippen molar-refractivity contribution in [1.82, 2.24) is 4.90 Å². The molecule has 0 unspecified atom stereocenters. The molecule has 0 aliphatic carbocycles. The van der Waals surface area contributed by atoms with E-state index in [9.17, 15) is 9.59 Å². The maximum Gasteiger partial charge on any atom is 0.337 e. The zero-order valence-corrected chi connectivity index (χ0v) is 24.3. The number of nitrogens with zero attached hydrogens (tertiary/aromatic N) is 2. The van der Waals surface area contributed by atoms with Crippen LogP contribution in [0.3, 0.4) is 0 Å². The second-order valence-electron chi connectivity index (χ2n) is 9.02. The van der Waals surface area contributed by atoms with Gasteiger partial charge >= 0.3 is 5.97 Å².